The van der Waals surface area contributed by atoms with E-state index in [2.05, 4.69) is 70.6 Å². The van der Waals surface area contributed by atoms with Crippen molar-refractivity contribution >= 4 is 11.6 Å². The zero-order valence-corrected chi connectivity index (χ0v) is 17.0. The summed E-state index contributed by atoms with van der Waals surface area (Å²) >= 11 is 0. The minimum atomic E-state index is 0.0927. The lowest BCUT2D eigenvalue weighted by atomic mass is 10.0. The maximum absolute atomic E-state index is 11.3. The molecule has 1 N–H and O–H groups in total. The number of amides is 1. The van der Waals surface area contributed by atoms with Gasteiger partial charge >= 0.3 is 0 Å². The van der Waals surface area contributed by atoms with E-state index in [1.54, 1.807) is 6.92 Å². The number of anilines is 1. The molecule has 2 aliphatic heterocycles. The number of nitrogens with one attached hydrogen (secondary N) is 1. The number of benzene rings is 2. The minimum absolute atomic E-state index is 0.0927. The van der Waals surface area contributed by atoms with Crippen molar-refractivity contribution in [3.05, 3.63) is 54.1 Å². The van der Waals surface area contributed by atoms with Gasteiger partial charge in [-0.2, -0.15) is 0 Å². The van der Waals surface area contributed by atoms with Crippen molar-refractivity contribution in [2.24, 2.45) is 0 Å². The highest BCUT2D eigenvalue weighted by atomic mass is 16.1. The molecule has 0 unspecified atom stereocenters. The zero-order chi connectivity index (χ0) is 19.5. The van der Waals surface area contributed by atoms with Gasteiger partial charge in [0.15, 0.2) is 0 Å². The quantitative estimate of drug-likeness (QED) is 0.879. The van der Waals surface area contributed by atoms with Gasteiger partial charge in [0, 0.05) is 50.9 Å². The van der Waals surface area contributed by atoms with E-state index in [0.29, 0.717) is 12.1 Å². The first kappa shape index (κ1) is 19.0. The minimum Gasteiger partial charge on any atom is -0.371 e. The van der Waals surface area contributed by atoms with E-state index in [0.717, 1.165) is 32.6 Å². The van der Waals surface area contributed by atoms with Crippen LogP contribution in [0.3, 0.4) is 0 Å². The molecule has 4 nitrogen and oxygen atoms in total. The number of hydrogen-bond donors (Lipinski definition) is 1. The lowest BCUT2D eigenvalue weighted by Gasteiger charge is -2.38. The van der Waals surface area contributed by atoms with Gasteiger partial charge in [0.25, 0.3) is 0 Å². The predicted octanol–water partition coefficient (Wildman–Crippen LogP) is 3.84. The summed E-state index contributed by atoms with van der Waals surface area (Å²) in [6.45, 7) is 8.08. The third-order valence-corrected chi connectivity index (χ3v) is 6.17. The number of carbonyl (C=O) groups is 1. The summed E-state index contributed by atoms with van der Waals surface area (Å²) in [5.74, 6) is 0.0927. The van der Waals surface area contributed by atoms with Gasteiger partial charge in [-0.05, 0) is 49.4 Å². The van der Waals surface area contributed by atoms with Gasteiger partial charge in [-0.3, -0.25) is 9.69 Å². The number of nitrogens with zero attached hydrogens (tertiary/aromatic N) is 2. The molecular weight excluding hydrogens is 346 g/mol. The molecule has 0 aromatic heterocycles. The number of rotatable bonds is 4. The molecule has 2 aromatic carbocycles. The molecule has 148 valence electrons. The Morgan fingerprint density at radius 3 is 2.39 bits per heavy atom. The topological polar surface area (TPSA) is 35.6 Å². The molecule has 2 aliphatic rings. The summed E-state index contributed by atoms with van der Waals surface area (Å²) in [5.41, 5.74) is 5.21. The number of hydrogen-bond acceptors (Lipinski definition) is 3. The molecular formula is C24H31N3O. The largest absolute Gasteiger partial charge is 0.371 e. The van der Waals surface area contributed by atoms with Crippen molar-refractivity contribution in [3.63, 3.8) is 0 Å². The first-order valence-electron chi connectivity index (χ1n) is 10.5. The third-order valence-electron chi connectivity index (χ3n) is 6.17. The summed E-state index contributed by atoms with van der Waals surface area (Å²) in [7, 11) is 0. The van der Waals surface area contributed by atoms with Crippen molar-refractivity contribution in [2.45, 2.75) is 45.2 Å². The molecule has 28 heavy (non-hydrogen) atoms. The summed E-state index contributed by atoms with van der Waals surface area (Å²) in [4.78, 5) is 16.4. The van der Waals surface area contributed by atoms with Crippen LogP contribution in [0.5, 0.6) is 0 Å². The van der Waals surface area contributed by atoms with Crippen molar-refractivity contribution in [1.82, 2.24) is 10.2 Å². The van der Waals surface area contributed by atoms with Crippen molar-refractivity contribution < 1.29 is 4.79 Å². The molecule has 0 spiro atoms. The number of aryl methyl sites for hydroxylation is 1. The maximum Gasteiger partial charge on any atom is 0.217 e. The predicted molar refractivity (Wildman–Crippen MR) is 116 cm³/mol. The Hall–Kier alpha value is -2.33. The molecule has 0 aliphatic carbocycles. The molecule has 2 aromatic rings. The van der Waals surface area contributed by atoms with Crippen LogP contribution in [-0.4, -0.2) is 49.1 Å². The number of piperidine rings is 1. The van der Waals surface area contributed by atoms with Crippen molar-refractivity contribution in [2.75, 3.05) is 31.1 Å². The van der Waals surface area contributed by atoms with E-state index in [9.17, 15) is 4.79 Å². The van der Waals surface area contributed by atoms with E-state index < -0.39 is 0 Å². The molecule has 0 radical (unpaired) electrons. The van der Waals surface area contributed by atoms with Gasteiger partial charge in [0.05, 0.1) is 0 Å². The Morgan fingerprint density at radius 1 is 0.964 bits per heavy atom. The Bertz CT molecular complexity index is 826. The molecule has 2 fully saturated rings. The fraction of sp³-hybridized carbons (Fsp3) is 0.458. The van der Waals surface area contributed by atoms with E-state index in [4.69, 9.17) is 0 Å². The fourth-order valence-electron chi connectivity index (χ4n) is 4.72. The van der Waals surface area contributed by atoms with Crippen LogP contribution in [0.1, 0.15) is 31.7 Å². The molecule has 0 bridgehead atoms. The van der Waals surface area contributed by atoms with E-state index in [1.807, 2.05) is 0 Å². The second-order valence-corrected chi connectivity index (χ2v) is 8.32. The van der Waals surface area contributed by atoms with E-state index in [-0.39, 0.29) is 5.91 Å². The lowest BCUT2D eigenvalue weighted by molar-refractivity contribution is -0.119. The SMILES string of the molecule is CC(=O)N[C@H]1CCN(C2CCN(c3cccc(-c4cccc(C)c4)c3)CC2)C1. The van der Waals surface area contributed by atoms with Gasteiger partial charge in [0.1, 0.15) is 0 Å². The molecule has 4 heteroatoms. The van der Waals surface area contributed by atoms with E-state index in [1.165, 1.54) is 35.2 Å². The molecule has 0 saturated carbocycles. The average Bonchev–Trinajstić information content (AvgIpc) is 3.16. The van der Waals surface area contributed by atoms with Crippen LogP contribution < -0.4 is 10.2 Å². The Labute approximate surface area is 168 Å². The molecule has 2 heterocycles. The van der Waals surface area contributed by atoms with Crippen LogP contribution in [0.25, 0.3) is 11.1 Å². The highest BCUT2D eigenvalue weighted by molar-refractivity contribution is 5.73. The van der Waals surface area contributed by atoms with Gasteiger partial charge in [-0.15, -0.1) is 0 Å². The van der Waals surface area contributed by atoms with Crippen LogP contribution in [0.4, 0.5) is 5.69 Å². The standard InChI is InChI=1S/C24H31N3O/c1-18-5-3-6-20(15-18)21-7-4-8-24(16-21)26-13-10-23(11-14-26)27-12-9-22(17-27)25-19(2)28/h3-8,15-16,22-23H,9-14,17H2,1-2H3,(H,25,28)/t22-/m0/s1. The first-order valence-corrected chi connectivity index (χ1v) is 10.5. The normalized spacial score (nSPS) is 21.1. The van der Waals surface area contributed by atoms with Crippen molar-refractivity contribution in [3.8, 4) is 11.1 Å². The van der Waals surface area contributed by atoms with Crippen LogP contribution in [-0.2, 0) is 4.79 Å². The highest BCUT2D eigenvalue weighted by Gasteiger charge is 2.31. The summed E-state index contributed by atoms with van der Waals surface area (Å²) in [6, 6.07) is 18.7. The fourth-order valence-corrected chi connectivity index (χ4v) is 4.72. The molecule has 1 amide bonds. The van der Waals surface area contributed by atoms with Gasteiger partial charge in [0.2, 0.25) is 5.91 Å². The Balaban J connectivity index is 1.37. The molecule has 1 atom stereocenters. The number of carbonyl (C=O) groups excluding carboxylic acids is 1. The third kappa shape index (κ3) is 4.39. The van der Waals surface area contributed by atoms with Crippen LogP contribution in [0, 0.1) is 6.92 Å². The Morgan fingerprint density at radius 2 is 1.68 bits per heavy atom. The summed E-state index contributed by atoms with van der Waals surface area (Å²) in [6.07, 6.45) is 3.47. The van der Waals surface area contributed by atoms with Crippen LogP contribution >= 0.6 is 0 Å². The van der Waals surface area contributed by atoms with Gasteiger partial charge in [-0.1, -0.05) is 42.0 Å². The highest BCUT2D eigenvalue weighted by Crippen LogP contribution is 2.29. The second-order valence-electron chi connectivity index (χ2n) is 8.32. The Kier molecular flexibility index (Phi) is 5.67. The zero-order valence-electron chi connectivity index (χ0n) is 17.0. The molecule has 4 rings (SSSR count). The van der Waals surface area contributed by atoms with Gasteiger partial charge < -0.3 is 10.2 Å². The summed E-state index contributed by atoms with van der Waals surface area (Å²) < 4.78 is 0. The second kappa shape index (κ2) is 8.36. The van der Waals surface area contributed by atoms with E-state index >= 15 is 0 Å². The van der Waals surface area contributed by atoms with Crippen LogP contribution in [0.2, 0.25) is 0 Å². The maximum atomic E-state index is 11.3. The smallest absolute Gasteiger partial charge is 0.217 e. The summed E-state index contributed by atoms with van der Waals surface area (Å²) in [5, 5.41) is 3.08. The first-order chi connectivity index (χ1) is 13.6. The lowest BCUT2D eigenvalue weighted by Crippen LogP contribution is -2.45. The van der Waals surface area contributed by atoms with Crippen LogP contribution in [0.15, 0.2) is 48.5 Å². The average molecular weight is 378 g/mol. The number of likely N-dealkylation sites (tertiary alicyclic amines) is 1. The molecule has 2 saturated heterocycles. The van der Waals surface area contributed by atoms with Gasteiger partial charge in [-0.25, -0.2) is 0 Å². The van der Waals surface area contributed by atoms with Crippen molar-refractivity contribution in [1.29, 1.82) is 0 Å². The monoisotopic (exact) mass is 377 g/mol.